The van der Waals surface area contributed by atoms with Crippen LogP contribution in [0.1, 0.15) is 23.7 Å². The smallest absolute Gasteiger partial charge is 0.235 e. The summed E-state index contributed by atoms with van der Waals surface area (Å²) in [7, 11) is 0. The second kappa shape index (κ2) is 15.5. The van der Waals surface area contributed by atoms with E-state index in [0.29, 0.717) is 12.5 Å². The first-order valence-corrected chi connectivity index (χ1v) is 20.2. The first-order chi connectivity index (χ1) is 29.6. The van der Waals surface area contributed by atoms with E-state index >= 15 is 0 Å². The van der Waals surface area contributed by atoms with Crippen LogP contribution in [-0.4, -0.2) is 21.3 Å². The van der Waals surface area contributed by atoms with Gasteiger partial charge < -0.3 is 4.90 Å². The molecule has 7 aromatic carbocycles. The maximum absolute atomic E-state index is 5.46. The van der Waals surface area contributed by atoms with Crippen molar-refractivity contribution in [2.45, 2.75) is 13.5 Å². The van der Waals surface area contributed by atoms with E-state index in [2.05, 4.69) is 192 Å². The summed E-state index contributed by atoms with van der Waals surface area (Å²) >= 11 is 0. The zero-order valence-electron chi connectivity index (χ0n) is 33.3. The number of fused-ring (bicyclic) bond motifs is 5. The highest BCUT2D eigenvalue weighted by atomic mass is 15.2. The summed E-state index contributed by atoms with van der Waals surface area (Å²) in [6.45, 7) is 11.0. The third kappa shape index (κ3) is 6.34. The van der Waals surface area contributed by atoms with Gasteiger partial charge in [0.15, 0.2) is 0 Å². The van der Waals surface area contributed by atoms with E-state index in [1.165, 1.54) is 22.3 Å². The average Bonchev–Trinajstić information content (AvgIpc) is 3.64. The zero-order chi connectivity index (χ0) is 40.6. The molecule has 10 rings (SSSR count). The Hall–Kier alpha value is -7.89. The van der Waals surface area contributed by atoms with Crippen LogP contribution in [0.2, 0.25) is 0 Å². The number of benzene rings is 7. The van der Waals surface area contributed by atoms with Crippen molar-refractivity contribution in [2.24, 2.45) is 4.99 Å². The van der Waals surface area contributed by atoms with Crippen LogP contribution >= 0.6 is 0 Å². The molecule has 3 heterocycles. The fourth-order valence-corrected chi connectivity index (χ4v) is 8.60. The molecule has 0 aliphatic carbocycles. The number of nitrogens with zero attached hydrogens (tertiary/aromatic N) is 5. The Kier molecular flexibility index (Phi) is 9.39. The van der Waals surface area contributed by atoms with Crippen molar-refractivity contribution in [2.75, 3.05) is 4.90 Å². The van der Waals surface area contributed by atoms with Crippen molar-refractivity contribution in [1.82, 2.24) is 14.5 Å². The van der Waals surface area contributed by atoms with E-state index in [4.69, 9.17) is 9.97 Å². The first kappa shape index (κ1) is 36.5. The number of para-hydroxylation sites is 2. The minimum Gasteiger partial charge on any atom is -0.335 e. The van der Waals surface area contributed by atoms with Crippen molar-refractivity contribution in [1.29, 1.82) is 0 Å². The Balaban J connectivity index is 1.25. The molecule has 0 fully saturated rings. The Morgan fingerprint density at radius 1 is 0.583 bits per heavy atom. The molecule has 0 saturated carbocycles. The molecule has 2 aromatic heterocycles. The number of aliphatic imine (C=N–C) groups is 1. The molecule has 5 nitrogen and oxygen atoms in total. The van der Waals surface area contributed by atoms with Gasteiger partial charge in [-0.15, -0.1) is 0 Å². The summed E-state index contributed by atoms with van der Waals surface area (Å²) in [6.07, 6.45) is 6.18. The zero-order valence-corrected chi connectivity index (χ0v) is 33.3. The summed E-state index contributed by atoms with van der Waals surface area (Å²) < 4.78 is 2.24. The molecular formula is C55H41N5. The van der Waals surface area contributed by atoms with E-state index < -0.39 is 0 Å². The SMILES string of the molecule is C=Cc1c(/C=C\C)n(-c2nc(-c3ccc(-c4ccccc4)cc3)cc(-c3ccc(-c4ccccc4)cc3)n2)c2c3c(ccc12)N(c1ccccc1N=C)Cc1ccccc1-3. The summed E-state index contributed by atoms with van der Waals surface area (Å²) in [5.74, 6) is 0.573. The highest BCUT2D eigenvalue weighted by molar-refractivity contribution is 6.09. The number of hydrogen-bond donors (Lipinski definition) is 0. The molecule has 1 aliphatic heterocycles. The molecular weight excluding hydrogens is 731 g/mol. The first-order valence-electron chi connectivity index (χ1n) is 20.2. The summed E-state index contributed by atoms with van der Waals surface area (Å²) in [6, 6.07) is 61.7. The molecule has 0 radical (unpaired) electrons. The van der Waals surface area contributed by atoms with Gasteiger partial charge in [-0.25, -0.2) is 9.97 Å². The average molecular weight is 772 g/mol. The number of anilines is 2. The van der Waals surface area contributed by atoms with Gasteiger partial charge in [0.05, 0.1) is 39.7 Å². The number of aromatic nitrogens is 3. The molecule has 60 heavy (non-hydrogen) atoms. The largest absolute Gasteiger partial charge is 0.335 e. The summed E-state index contributed by atoms with van der Waals surface area (Å²) in [5.41, 5.74) is 17.7. The van der Waals surface area contributed by atoms with Crippen LogP contribution in [-0.2, 0) is 6.54 Å². The van der Waals surface area contributed by atoms with Crippen LogP contribution in [0, 0.1) is 0 Å². The van der Waals surface area contributed by atoms with Gasteiger partial charge in [0.2, 0.25) is 5.95 Å². The van der Waals surface area contributed by atoms with Gasteiger partial charge in [-0.05, 0) is 77.4 Å². The van der Waals surface area contributed by atoms with Gasteiger partial charge in [0.1, 0.15) is 0 Å². The minimum absolute atomic E-state index is 0.573. The van der Waals surface area contributed by atoms with Gasteiger partial charge >= 0.3 is 0 Å². The molecule has 0 bridgehead atoms. The predicted molar refractivity (Wildman–Crippen MR) is 252 cm³/mol. The van der Waals surface area contributed by atoms with Crippen molar-refractivity contribution in [3.8, 4) is 61.8 Å². The molecule has 286 valence electrons. The lowest BCUT2D eigenvalue weighted by Gasteiger charge is -2.34. The molecule has 0 amide bonds. The van der Waals surface area contributed by atoms with E-state index in [9.17, 15) is 0 Å². The van der Waals surface area contributed by atoms with E-state index in [0.717, 1.165) is 78.4 Å². The Morgan fingerprint density at radius 3 is 1.73 bits per heavy atom. The van der Waals surface area contributed by atoms with Crippen molar-refractivity contribution >= 4 is 46.8 Å². The van der Waals surface area contributed by atoms with Crippen LogP contribution in [0.5, 0.6) is 0 Å². The molecule has 0 saturated heterocycles. The van der Waals surface area contributed by atoms with Gasteiger partial charge in [0.25, 0.3) is 0 Å². The lowest BCUT2D eigenvalue weighted by atomic mass is 9.90. The van der Waals surface area contributed by atoms with E-state index in [1.54, 1.807) is 0 Å². The van der Waals surface area contributed by atoms with Crippen molar-refractivity contribution in [3.05, 3.63) is 205 Å². The Labute approximate surface area is 350 Å². The summed E-state index contributed by atoms with van der Waals surface area (Å²) in [5, 5.41) is 1.07. The van der Waals surface area contributed by atoms with Gasteiger partial charge in [-0.3, -0.25) is 9.56 Å². The predicted octanol–water partition coefficient (Wildman–Crippen LogP) is 14.4. The van der Waals surface area contributed by atoms with E-state index in [1.807, 2.05) is 37.3 Å². The Morgan fingerprint density at radius 2 is 1.13 bits per heavy atom. The normalized spacial score (nSPS) is 12.1. The number of allylic oxidation sites excluding steroid dienone is 1. The van der Waals surface area contributed by atoms with Gasteiger partial charge in [0, 0.05) is 34.2 Å². The monoisotopic (exact) mass is 771 g/mol. The molecule has 5 heteroatoms. The van der Waals surface area contributed by atoms with Gasteiger partial charge in [-0.1, -0.05) is 170 Å². The van der Waals surface area contributed by atoms with Crippen LogP contribution in [0.3, 0.4) is 0 Å². The maximum atomic E-state index is 5.46. The molecule has 0 spiro atoms. The second-order valence-electron chi connectivity index (χ2n) is 14.9. The highest BCUT2D eigenvalue weighted by Gasteiger charge is 2.30. The minimum atomic E-state index is 0.573. The molecule has 0 N–H and O–H groups in total. The van der Waals surface area contributed by atoms with Crippen LogP contribution in [0.15, 0.2) is 194 Å². The van der Waals surface area contributed by atoms with Crippen molar-refractivity contribution < 1.29 is 0 Å². The second-order valence-corrected chi connectivity index (χ2v) is 14.9. The lowest BCUT2D eigenvalue weighted by molar-refractivity contribution is 0.945. The molecule has 9 aromatic rings. The Bertz CT molecular complexity index is 2990. The molecule has 1 aliphatic rings. The van der Waals surface area contributed by atoms with Crippen LogP contribution in [0.4, 0.5) is 17.1 Å². The fourth-order valence-electron chi connectivity index (χ4n) is 8.60. The fraction of sp³-hybridized carbons (Fsp3) is 0.0364. The number of rotatable bonds is 9. The highest BCUT2D eigenvalue weighted by Crippen LogP contribution is 2.50. The van der Waals surface area contributed by atoms with E-state index in [-0.39, 0.29) is 0 Å². The standard InChI is InChI=1S/C55H41N5/c1-4-16-50-44(5-2)46-33-34-52-53(45-22-13-12-21-43(45)36-59(52)51-24-15-14-23-47(51)56-3)54(46)60(50)55-57-48(41-29-25-39(26-30-41)37-17-8-6-9-18-37)35-49(58-55)42-31-27-40(28-32-42)38-19-10-7-11-20-38/h4-35H,2-3,36H2,1H3/b16-4-. The third-order valence-electron chi connectivity index (χ3n) is 11.5. The van der Waals surface area contributed by atoms with Crippen LogP contribution < -0.4 is 4.90 Å². The molecule has 0 unspecified atom stereocenters. The molecule has 0 atom stereocenters. The number of hydrogen-bond acceptors (Lipinski definition) is 4. The quantitative estimate of drug-likeness (QED) is 0.137. The lowest BCUT2D eigenvalue weighted by Crippen LogP contribution is -2.22. The third-order valence-corrected chi connectivity index (χ3v) is 11.5. The topological polar surface area (TPSA) is 46.3 Å². The van der Waals surface area contributed by atoms with Crippen molar-refractivity contribution in [3.63, 3.8) is 0 Å². The maximum Gasteiger partial charge on any atom is 0.235 e. The van der Waals surface area contributed by atoms with Crippen LogP contribution in [0.25, 0.3) is 84.9 Å². The summed E-state index contributed by atoms with van der Waals surface area (Å²) in [4.78, 5) is 17.7. The van der Waals surface area contributed by atoms with Gasteiger partial charge in [-0.2, -0.15) is 0 Å².